The number of benzene rings is 1. The van der Waals surface area contributed by atoms with Crippen LogP contribution in [0.5, 0.6) is 0 Å². The van der Waals surface area contributed by atoms with Crippen molar-refractivity contribution in [3.8, 4) is 0 Å². The van der Waals surface area contributed by atoms with Crippen molar-refractivity contribution in [2.45, 2.75) is 52.4 Å². The van der Waals surface area contributed by atoms with Crippen LogP contribution in [0.4, 0.5) is 0 Å². The van der Waals surface area contributed by atoms with E-state index in [1.54, 1.807) is 18.2 Å². The number of rotatable bonds is 12. The molecule has 0 fully saturated rings. The van der Waals surface area contributed by atoms with Crippen LogP contribution in [-0.2, 0) is 9.47 Å². The Morgan fingerprint density at radius 3 is 2.08 bits per heavy atom. The highest BCUT2D eigenvalue weighted by molar-refractivity contribution is 6.17. The molecule has 1 rings (SSSR count). The number of ether oxygens (including phenoxy) is 2. The summed E-state index contributed by atoms with van der Waals surface area (Å²) < 4.78 is 10.5. The molecule has 140 valence electrons. The number of hydrogen-bond donors (Lipinski definition) is 0. The number of carbonyl (C=O) groups excluding carboxylic acids is 2. The Morgan fingerprint density at radius 1 is 0.920 bits per heavy atom. The average Bonchev–Trinajstić information content (AvgIpc) is 2.61. The standard InChI is InChI=1S/C20H29ClO4/c1-16(2)15-25-20(23)18-11-9-10-17(14-18)19(22)24-13-8-6-4-3-5-7-12-21/h9-11,14,16H,3-8,12-13,15H2,1-2H3. The Kier molecular flexibility index (Phi) is 11.0. The molecule has 0 unspecified atom stereocenters. The van der Waals surface area contributed by atoms with Crippen molar-refractivity contribution in [1.29, 1.82) is 0 Å². The van der Waals surface area contributed by atoms with E-state index in [0.29, 0.717) is 24.3 Å². The van der Waals surface area contributed by atoms with Gasteiger partial charge in [0.25, 0.3) is 0 Å². The first-order valence-corrected chi connectivity index (χ1v) is 9.58. The number of carbonyl (C=O) groups is 2. The molecular weight excluding hydrogens is 340 g/mol. The Labute approximate surface area is 155 Å². The molecule has 5 heteroatoms. The topological polar surface area (TPSA) is 52.6 Å². The van der Waals surface area contributed by atoms with Crippen molar-refractivity contribution in [2.75, 3.05) is 19.1 Å². The van der Waals surface area contributed by atoms with E-state index in [9.17, 15) is 9.59 Å². The zero-order valence-corrected chi connectivity index (χ0v) is 16.0. The Morgan fingerprint density at radius 2 is 1.48 bits per heavy atom. The third-order valence-corrected chi connectivity index (χ3v) is 3.91. The molecule has 0 aromatic heterocycles. The summed E-state index contributed by atoms with van der Waals surface area (Å²) in [4.78, 5) is 24.0. The van der Waals surface area contributed by atoms with E-state index in [0.717, 1.165) is 38.0 Å². The van der Waals surface area contributed by atoms with E-state index in [4.69, 9.17) is 21.1 Å². The van der Waals surface area contributed by atoms with Crippen LogP contribution in [0.25, 0.3) is 0 Å². The Balaban J connectivity index is 2.33. The van der Waals surface area contributed by atoms with Crippen LogP contribution >= 0.6 is 11.6 Å². The molecule has 0 radical (unpaired) electrons. The van der Waals surface area contributed by atoms with Crippen LogP contribution in [0.3, 0.4) is 0 Å². The highest BCUT2D eigenvalue weighted by Gasteiger charge is 2.13. The summed E-state index contributed by atoms with van der Waals surface area (Å²) in [5.74, 6) is 0.176. The lowest BCUT2D eigenvalue weighted by Gasteiger charge is -2.08. The van der Waals surface area contributed by atoms with Gasteiger partial charge < -0.3 is 9.47 Å². The number of hydrogen-bond acceptors (Lipinski definition) is 4. The maximum absolute atomic E-state index is 12.1. The molecule has 0 aliphatic carbocycles. The molecule has 0 aliphatic rings. The van der Waals surface area contributed by atoms with Gasteiger partial charge in [0.05, 0.1) is 24.3 Å². The van der Waals surface area contributed by atoms with Gasteiger partial charge in [-0.2, -0.15) is 0 Å². The minimum atomic E-state index is -0.416. The molecule has 0 spiro atoms. The van der Waals surface area contributed by atoms with E-state index < -0.39 is 11.9 Å². The summed E-state index contributed by atoms with van der Waals surface area (Å²) in [6.45, 7) is 4.70. The summed E-state index contributed by atoms with van der Waals surface area (Å²) in [6.07, 6.45) is 6.40. The van der Waals surface area contributed by atoms with Gasteiger partial charge in [-0.1, -0.05) is 45.6 Å². The smallest absolute Gasteiger partial charge is 0.338 e. The monoisotopic (exact) mass is 368 g/mol. The molecule has 0 amide bonds. The average molecular weight is 369 g/mol. The first kappa shape index (κ1) is 21.5. The first-order valence-electron chi connectivity index (χ1n) is 9.05. The highest BCUT2D eigenvalue weighted by atomic mass is 35.5. The van der Waals surface area contributed by atoms with Gasteiger partial charge >= 0.3 is 11.9 Å². The quantitative estimate of drug-likeness (QED) is 0.288. The second-order valence-electron chi connectivity index (χ2n) is 6.52. The molecule has 1 aromatic rings. The maximum Gasteiger partial charge on any atom is 0.338 e. The second kappa shape index (κ2) is 12.8. The minimum Gasteiger partial charge on any atom is -0.462 e. The van der Waals surface area contributed by atoms with Crippen molar-refractivity contribution >= 4 is 23.5 Å². The number of esters is 2. The van der Waals surface area contributed by atoms with Gasteiger partial charge in [-0.3, -0.25) is 0 Å². The van der Waals surface area contributed by atoms with Crippen molar-refractivity contribution in [3.05, 3.63) is 35.4 Å². The predicted molar refractivity (Wildman–Crippen MR) is 100 cm³/mol. The SMILES string of the molecule is CC(C)COC(=O)c1cccc(C(=O)OCCCCCCCCCl)c1. The molecule has 25 heavy (non-hydrogen) atoms. The van der Waals surface area contributed by atoms with E-state index in [1.165, 1.54) is 12.5 Å². The van der Waals surface area contributed by atoms with E-state index >= 15 is 0 Å². The summed E-state index contributed by atoms with van der Waals surface area (Å²) in [7, 11) is 0. The highest BCUT2D eigenvalue weighted by Crippen LogP contribution is 2.11. The normalized spacial score (nSPS) is 10.7. The fourth-order valence-corrected chi connectivity index (χ4v) is 2.44. The lowest BCUT2D eigenvalue weighted by Crippen LogP contribution is -2.12. The largest absolute Gasteiger partial charge is 0.462 e. The van der Waals surface area contributed by atoms with Crippen LogP contribution in [0.2, 0.25) is 0 Å². The molecule has 0 saturated carbocycles. The summed E-state index contributed by atoms with van der Waals surface area (Å²) >= 11 is 5.63. The molecule has 0 N–H and O–H groups in total. The van der Waals surface area contributed by atoms with Crippen LogP contribution in [0.1, 0.15) is 73.1 Å². The van der Waals surface area contributed by atoms with Crippen LogP contribution in [0, 0.1) is 5.92 Å². The van der Waals surface area contributed by atoms with Gasteiger partial charge in [0, 0.05) is 5.88 Å². The molecule has 0 heterocycles. The van der Waals surface area contributed by atoms with Gasteiger partial charge in [0.15, 0.2) is 0 Å². The number of halogens is 1. The molecule has 0 bridgehead atoms. The van der Waals surface area contributed by atoms with Gasteiger partial charge in [0.1, 0.15) is 0 Å². The summed E-state index contributed by atoms with van der Waals surface area (Å²) in [6, 6.07) is 6.48. The summed E-state index contributed by atoms with van der Waals surface area (Å²) in [5, 5.41) is 0. The van der Waals surface area contributed by atoms with E-state index in [-0.39, 0.29) is 5.92 Å². The van der Waals surface area contributed by atoms with E-state index in [2.05, 4.69) is 0 Å². The van der Waals surface area contributed by atoms with Gasteiger partial charge in [-0.25, -0.2) is 9.59 Å². The Bertz CT molecular complexity index is 528. The maximum atomic E-state index is 12.1. The van der Waals surface area contributed by atoms with Gasteiger partial charge in [0.2, 0.25) is 0 Å². The minimum absolute atomic E-state index is 0.270. The van der Waals surface area contributed by atoms with Crippen molar-refractivity contribution in [1.82, 2.24) is 0 Å². The zero-order valence-electron chi connectivity index (χ0n) is 15.3. The van der Waals surface area contributed by atoms with Crippen molar-refractivity contribution in [2.24, 2.45) is 5.92 Å². The lowest BCUT2D eigenvalue weighted by molar-refractivity contribution is 0.0459. The fraction of sp³-hybridized carbons (Fsp3) is 0.600. The van der Waals surface area contributed by atoms with Crippen LogP contribution < -0.4 is 0 Å². The molecule has 1 aromatic carbocycles. The molecule has 0 aliphatic heterocycles. The van der Waals surface area contributed by atoms with E-state index in [1.807, 2.05) is 13.8 Å². The first-order chi connectivity index (χ1) is 12.0. The van der Waals surface area contributed by atoms with Crippen molar-refractivity contribution in [3.63, 3.8) is 0 Å². The fourth-order valence-electron chi connectivity index (χ4n) is 2.25. The van der Waals surface area contributed by atoms with Gasteiger partial charge in [-0.15, -0.1) is 11.6 Å². The number of unbranched alkanes of at least 4 members (excludes halogenated alkanes) is 5. The molecule has 0 saturated heterocycles. The third-order valence-electron chi connectivity index (χ3n) is 3.64. The zero-order chi connectivity index (χ0) is 18.5. The molecule has 0 atom stereocenters. The molecule has 4 nitrogen and oxygen atoms in total. The van der Waals surface area contributed by atoms with Crippen molar-refractivity contribution < 1.29 is 19.1 Å². The second-order valence-corrected chi connectivity index (χ2v) is 6.90. The predicted octanol–water partition coefficient (Wildman–Crippen LogP) is 5.24. The van der Waals surface area contributed by atoms with Gasteiger partial charge in [-0.05, 0) is 37.0 Å². The molecular formula is C20H29ClO4. The third kappa shape index (κ3) is 9.49. The van der Waals surface area contributed by atoms with Crippen LogP contribution in [-0.4, -0.2) is 31.0 Å². The lowest BCUT2D eigenvalue weighted by atomic mass is 10.1. The van der Waals surface area contributed by atoms with Crippen LogP contribution in [0.15, 0.2) is 24.3 Å². The summed E-state index contributed by atoms with van der Waals surface area (Å²) in [5.41, 5.74) is 0.746. The number of alkyl halides is 1. The Hall–Kier alpha value is -1.55.